The van der Waals surface area contributed by atoms with Gasteiger partial charge in [-0.1, -0.05) is 30.3 Å². The van der Waals surface area contributed by atoms with Crippen LogP contribution in [0.1, 0.15) is 24.6 Å². The van der Waals surface area contributed by atoms with E-state index in [1.54, 1.807) is 4.90 Å². The predicted molar refractivity (Wildman–Crippen MR) is 54.3 cm³/mol. The molecule has 1 aromatic carbocycles. The van der Waals surface area contributed by atoms with E-state index in [0.29, 0.717) is 6.42 Å². The van der Waals surface area contributed by atoms with Crippen molar-refractivity contribution in [3.05, 3.63) is 35.9 Å². The van der Waals surface area contributed by atoms with Crippen LogP contribution in [0, 0.1) is 0 Å². The lowest BCUT2D eigenvalue weighted by atomic mass is 10.1. The van der Waals surface area contributed by atoms with Crippen molar-refractivity contribution in [2.45, 2.75) is 19.0 Å². The number of rotatable bonds is 2. The second-order valence-electron chi connectivity index (χ2n) is 3.55. The summed E-state index contributed by atoms with van der Waals surface area (Å²) in [4.78, 5) is 13.2. The number of carbonyl (C=O) groups excluding carboxylic acids is 1. The van der Waals surface area contributed by atoms with E-state index in [0.717, 1.165) is 18.5 Å². The first-order valence-electron chi connectivity index (χ1n) is 4.89. The number of hydrogen-bond acceptors (Lipinski definition) is 2. The Hall–Kier alpha value is -1.35. The maximum absolute atomic E-state index is 11.4. The van der Waals surface area contributed by atoms with Crippen LogP contribution in [0.3, 0.4) is 0 Å². The number of nitrogens with two attached hydrogens (primary N) is 1. The van der Waals surface area contributed by atoms with Crippen LogP contribution in [0.15, 0.2) is 30.3 Å². The minimum atomic E-state index is -0.272. The Balaban J connectivity index is 2.16. The SMILES string of the molecule is NC(c1ccccc1)N1CCCC1=O. The van der Waals surface area contributed by atoms with E-state index in [-0.39, 0.29) is 12.1 Å². The molecular weight excluding hydrogens is 176 g/mol. The molecule has 1 amide bonds. The van der Waals surface area contributed by atoms with Gasteiger partial charge in [0.2, 0.25) is 5.91 Å². The van der Waals surface area contributed by atoms with Gasteiger partial charge in [0.1, 0.15) is 6.17 Å². The van der Waals surface area contributed by atoms with Gasteiger partial charge in [0, 0.05) is 13.0 Å². The molecule has 0 radical (unpaired) electrons. The lowest BCUT2D eigenvalue weighted by Crippen LogP contribution is -2.35. The number of nitrogens with zero attached hydrogens (tertiary/aromatic N) is 1. The normalized spacial score (nSPS) is 18.6. The summed E-state index contributed by atoms with van der Waals surface area (Å²) in [7, 11) is 0. The Morgan fingerprint density at radius 2 is 2.00 bits per heavy atom. The summed E-state index contributed by atoms with van der Waals surface area (Å²) in [5.41, 5.74) is 7.00. The van der Waals surface area contributed by atoms with E-state index in [1.807, 2.05) is 30.3 Å². The number of benzene rings is 1. The largest absolute Gasteiger partial charge is 0.323 e. The molecule has 0 spiro atoms. The molecule has 0 aliphatic carbocycles. The van der Waals surface area contributed by atoms with Crippen molar-refractivity contribution in [3.63, 3.8) is 0 Å². The van der Waals surface area contributed by atoms with E-state index in [1.165, 1.54) is 0 Å². The number of hydrogen-bond donors (Lipinski definition) is 1. The average Bonchev–Trinajstić information content (AvgIpc) is 2.65. The topological polar surface area (TPSA) is 46.3 Å². The summed E-state index contributed by atoms with van der Waals surface area (Å²) in [6.45, 7) is 0.787. The molecule has 0 saturated carbocycles. The highest BCUT2D eigenvalue weighted by molar-refractivity contribution is 5.78. The highest BCUT2D eigenvalue weighted by atomic mass is 16.2. The first-order valence-corrected chi connectivity index (χ1v) is 4.89. The molecule has 1 atom stereocenters. The van der Waals surface area contributed by atoms with Crippen molar-refractivity contribution in [1.29, 1.82) is 0 Å². The van der Waals surface area contributed by atoms with Gasteiger partial charge in [-0.05, 0) is 12.0 Å². The lowest BCUT2D eigenvalue weighted by Gasteiger charge is -2.24. The maximum atomic E-state index is 11.4. The molecule has 3 nitrogen and oxygen atoms in total. The summed E-state index contributed by atoms with van der Waals surface area (Å²) in [5.74, 6) is 0.168. The van der Waals surface area contributed by atoms with Crippen LogP contribution in [0.4, 0.5) is 0 Å². The fraction of sp³-hybridized carbons (Fsp3) is 0.364. The van der Waals surface area contributed by atoms with Crippen molar-refractivity contribution in [2.75, 3.05) is 6.54 Å². The molecule has 1 heterocycles. The highest BCUT2D eigenvalue weighted by Gasteiger charge is 2.25. The van der Waals surface area contributed by atoms with Crippen molar-refractivity contribution in [2.24, 2.45) is 5.73 Å². The van der Waals surface area contributed by atoms with Crippen LogP contribution in [-0.2, 0) is 4.79 Å². The number of carbonyl (C=O) groups is 1. The van der Waals surface area contributed by atoms with Crippen molar-refractivity contribution >= 4 is 5.91 Å². The summed E-state index contributed by atoms with van der Waals surface area (Å²) in [5, 5.41) is 0. The first kappa shape index (κ1) is 9.21. The van der Waals surface area contributed by atoms with Gasteiger partial charge in [0.25, 0.3) is 0 Å². The molecule has 3 heteroatoms. The van der Waals surface area contributed by atoms with Gasteiger partial charge >= 0.3 is 0 Å². The van der Waals surface area contributed by atoms with Crippen LogP contribution >= 0.6 is 0 Å². The molecule has 2 N–H and O–H groups in total. The number of likely N-dealkylation sites (tertiary alicyclic amines) is 1. The molecule has 74 valence electrons. The minimum absolute atomic E-state index is 0.168. The summed E-state index contributed by atoms with van der Waals surface area (Å²) >= 11 is 0. The molecule has 0 aromatic heterocycles. The van der Waals surface area contributed by atoms with E-state index in [4.69, 9.17) is 5.73 Å². The molecule has 0 bridgehead atoms. The summed E-state index contributed by atoms with van der Waals surface area (Å²) < 4.78 is 0. The smallest absolute Gasteiger partial charge is 0.224 e. The van der Waals surface area contributed by atoms with Gasteiger partial charge in [-0.15, -0.1) is 0 Å². The third-order valence-corrected chi connectivity index (χ3v) is 2.59. The van der Waals surface area contributed by atoms with Gasteiger partial charge in [-0.3, -0.25) is 4.79 Å². The lowest BCUT2D eigenvalue weighted by molar-refractivity contribution is -0.129. The summed E-state index contributed by atoms with van der Waals surface area (Å²) in [6.07, 6.45) is 1.30. The molecular formula is C11H14N2O. The fourth-order valence-electron chi connectivity index (χ4n) is 1.79. The Bertz CT molecular complexity index is 323. The number of amides is 1. The standard InChI is InChI=1S/C11H14N2O/c12-11(9-5-2-1-3-6-9)13-8-4-7-10(13)14/h1-3,5-6,11H,4,7-8,12H2. The average molecular weight is 190 g/mol. The second kappa shape index (κ2) is 3.80. The van der Waals surface area contributed by atoms with Crippen LogP contribution in [0.5, 0.6) is 0 Å². The molecule has 1 aliphatic heterocycles. The van der Waals surface area contributed by atoms with Crippen LogP contribution in [-0.4, -0.2) is 17.4 Å². The van der Waals surface area contributed by atoms with Gasteiger partial charge in [0.15, 0.2) is 0 Å². The predicted octanol–water partition coefficient (Wildman–Crippen LogP) is 1.27. The Morgan fingerprint density at radius 3 is 2.57 bits per heavy atom. The molecule has 1 fully saturated rings. The van der Waals surface area contributed by atoms with Crippen LogP contribution < -0.4 is 5.73 Å². The van der Waals surface area contributed by atoms with E-state index >= 15 is 0 Å². The zero-order valence-corrected chi connectivity index (χ0v) is 8.02. The van der Waals surface area contributed by atoms with Crippen LogP contribution in [0.25, 0.3) is 0 Å². The van der Waals surface area contributed by atoms with E-state index in [9.17, 15) is 4.79 Å². The van der Waals surface area contributed by atoms with Crippen molar-refractivity contribution < 1.29 is 4.79 Å². The zero-order valence-electron chi connectivity index (χ0n) is 8.02. The van der Waals surface area contributed by atoms with E-state index in [2.05, 4.69) is 0 Å². The second-order valence-corrected chi connectivity index (χ2v) is 3.55. The fourth-order valence-corrected chi connectivity index (χ4v) is 1.79. The molecule has 1 aromatic rings. The Labute approximate surface area is 83.5 Å². The molecule has 2 rings (SSSR count). The van der Waals surface area contributed by atoms with Gasteiger partial charge in [-0.25, -0.2) is 0 Å². The minimum Gasteiger partial charge on any atom is -0.323 e. The third-order valence-electron chi connectivity index (χ3n) is 2.59. The summed E-state index contributed by atoms with van der Waals surface area (Å²) in [6, 6.07) is 9.74. The highest BCUT2D eigenvalue weighted by Crippen LogP contribution is 2.21. The Kier molecular flexibility index (Phi) is 2.50. The molecule has 1 aliphatic rings. The van der Waals surface area contributed by atoms with Gasteiger partial charge in [0.05, 0.1) is 0 Å². The monoisotopic (exact) mass is 190 g/mol. The first-order chi connectivity index (χ1) is 6.79. The third kappa shape index (κ3) is 1.63. The van der Waals surface area contributed by atoms with Gasteiger partial charge < -0.3 is 10.6 Å². The van der Waals surface area contributed by atoms with Crippen molar-refractivity contribution in [3.8, 4) is 0 Å². The van der Waals surface area contributed by atoms with Crippen molar-refractivity contribution in [1.82, 2.24) is 4.90 Å². The molecule has 1 saturated heterocycles. The van der Waals surface area contributed by atoms with Gasteiger partial charge in [-0.2, -0.15) is 0 Å². The quantitative estimate of drug-likeness (QED) is 0.763. The van der Waals surface area contributed by atoms with Crippen LogP contribution in [0.2, 0.25) is 0 Å². The Morgan fingerprint density at radius 1 is 1.29 bits per heavy atom. The zero-order chi connectivity index (χ0) is 9.97. The molecule has 14 heavy (non-hydrogen) atoms. The molecule has 1 unspecified atom stereocenters. The maximum Gasteiger partial charge on any atom is 0.224 e. The van der Waals surface area contributed by atoms with E-state index < -0.39 is 0 Å².